The summed E-state index contributed by atoms with van der Waals surface area (Å²) in [4.78, 5) is 4.48. The molecule has 0 aromatic heterocycles. The van der Waals surface area contributed by atoms with Crippen molar-refractivity contribution in [3.05, 3.63) is 102 Å². The van der Waals surface area contributed by atoms with E-state index in [2.05, 4.69) is 15.9 Å². The smallest absolute Gasteiger partial charge is 0.123 e. The minimum atomic E-state index is -0.278. The van der Waals surface area contributed by atoms with Gasteiger partial charge in [-0.1, -0.05) is 18.2 Å². The van der Waals surface area contributed by atoms with E-state index in [4.69, 9.17) is 0 Å². The van der Waals surface area contributed by atoms with E-state index in [0.717, 1.165) is 56.0 Å². The van der Waals surface area contributed by atoms with Crippen LogP contribution in [0.25, 0.3) is 5.57 Å². The van der Waals surface area contributed by atoms with Crippen LogP contribution in [0.4, 0.5) is 24.5 Å². The fraction of sp³-hybridized carbons (Fsp3) is 0.231. The Labute approximate surface area is 181 Å². The van der Waals surface area contributed by atoms with Gasteiger partial charge in [0.1, 0.15) is 17.5 Å². The average molecular weight is 422 g/mol. The lowest BCUT2D eigenvalue weighted by Gasteiger charge is -2.29. The Hall–Kier alpha value is -3.05. The maximum atomic E-state index is 13.4. The third-order valence-corrected chi connectivity index (χ3v) is 5.64. The maximum absolute atomic E-state index is 13.4. The highest BCUT2D eigenvalue weighted by Crippen LogP contribution is 2.27. The van der Waals surface area contributed by atoms with E-state index in [1.807, 2.05) is 12.1 Å². The van der Waals surface area contributed by atoms with Gasteiger partial charge in [-0.25, -0.2) is 13.2 Å². The second-order valence-corrected chi connectivity index (χ2v) is 7.74. The van der Waals surface area contributed by atoms with E-state index in [-0.39, 0.29) is 17.5 Å². The van der Waals surface area contributed by atoms with Crippen LogP contribution < -0.4 is 4.90 Å². The second-order valence-electron chi connectivity index (χ2n) is 7.74. The molecule has 0 saturated carbocycles. The topological polar surface area (TPSA) is 6.48 Å². The monoisotopic (exact) mass is 422 g/mol. The first-order chi connectivity index (χ1) is 15.1. The van der Waals surface area contributed by atoms with Crippen LogP contribution in [0.1, 0.15) is 18.4 Å². The minimum Gasteiger partial charge on any atom is -0.341 e. The van der Waals surface area contributed by atoms with Gasteiger partial charge in [0.2, 0.25) is 0 Å². The normalized spacial score (nSPS) is 14.4. The molecule has 1 aliphatic rings. The lowest BCUT2D eigenvalue weighted by Crippen LogP contribution is -2.31. The van der Waals surface area contributed by atoms with Crippen molar-refractivity contribution in [2.24, 2.45) is 0 Å². The SMILES string of the molecule is Fc1ccc(C2=CCN(CCCN(c3ccc(F)cc3)c3ccc(F)cc3)CC2)cc1. The van der Waals surface area contributed by atoms with Gasteiger partial charge in [-0.15, -0.1) is 0 Å². The van der Waals surface area contributed by atoms with Crippen LogP contribution in [-0.4, -0.2) is 31.1 Å². The van der Waals surface area contributed by atoms with E-state index >= 15 is 0 Å². The zero-order chi connectivity index (χ0) is 21.6. The molecule has 0 atom stereocenters. The van der Waals surface area contributed by atoms with Crippen molar-refractivity contribution < 1.29 is 13.2 Å². The molecule has 0 aliphatic carbocycles. The number of hydrogen-bond donors (Lipinski definition) is 0. The lowest BCUT2D eigenvalue weighted by molar-refractivity contribution is 0.299. The Morgan fingerprint density at radius 1 is 0.710 bits per heavy atom. The summed E-state index contributed by atoms with van der Waals surface area (Å²) in [5, 5.41) is 0. The molecule has 3 aromatic rings. The summed E-state index contributed by atoms with van der Waals surface area (Å²) < 4.78 is 39.9. The molecular weight excluding hydrogens is 397 g/mol. The van der Waals surface area contributed by atoms with Gasteiger partial charge in [0.25, 0.3) is 0 Å². The van der Waals surface area contributed by atoms with E-state index < -0.39 is 0 Å². The first-order valence-electron chi connectivity index (χ1n) is 10.5. The zero-order valence-corrected chi connectivity index (χ0v) is 17.3. The quantitative estimate of drug-likeness (QED) is 0.433. The van der Waals surface area contributed by atoms with E-state index in [1.165, 1.54) is 42.0 Å². The molecule has 1 heterocycles. The number of halogens is 3. The van der Waals surface area contributed by atoms with E-state index in [9.17, 15) is 13.2 Å². The largest absolute Gasteiger partial charge is 0.341 e. The predicted molar refractivity (Wildman–Crippen MR) is 120 cm³/mol. The molecule has 5 heteroatoms. The molecule has 3 aromatic carbocycles. The Morgan fingerprint density at radius 3 is 1.71 bits per heavy atom. The predicted octanol–water partition coefficient (Wildman–Crippen LogP) is 6.42. The molecule has 0 unspecified atom stereocenters. The Balaban J connectivity index is 1.37. The molecule has 0 amide bonds. The molecule has 160 valence electrons. The fourth-order valence-electron chi connectivity index (χ4n) is 3.94. The lowest BCUT2D eigenvalue weighted by atomic mass is 9.99. The van der Waals surface area contributed by atoms with Gasteiger partial charge in [-0.3, -0.25) is 4.90 Å². The second kappa shape index (κ2) is 9.84. The first kappa shape index (κ1) is 21.2. The Morgan fingerprint density at radius 2 is 1.23 bits per heavy atom. The summed E-state index contributed by atoms with van der Waals surface area (Å²) in [6, 6.07) is 19.4. The van der Waals surface area contributed by atoms with Crippen LogP contribution >= 0.6 is 0 Å². The number of anilines is 2. The van der Waals surface area contributed by atoms with Gasteiger partial charge in [0, 0.05) is 37.6 Å². The Kier molecular flexibility index (Phi) is 6.73. The van der Waals surface area contributed by atoms with Crippen LogP contribution in [0.15, 0.2) is 78.9 Å². The van der Waals surface area contributed by atoms with Crippen molar-refractivity contribution in [2.45, 2.75) is 12.8 Å². The Bertz CT molecular complexity index is 967. The van der Waals surface area contributed by atoms with Crippen molar-refractivity contribution in [2.75, 3.05) is 31.1 Å². The van der Waals surface area contributed by atoms with Crippen LogP contribution in [0.3, 0.4) is 0 Å². The molecule has 31 heavy (non-hydrogen) atoms. The first-order valence-corrected chi connectivity index (χ1v) is 10.5. The molecule has 0 radical (unpaired) electrons. The molecule has 0 fully saturated rings. The van der Waals surface area contributed by atoms with E-state index in [1.54, 1.807) is 24.3 Å². The summed E-state index contributed by atoms with van der Waals surface area (Å²) in [5.41, 5.74) is 4.10. The van der Waals surface area contributed by atoms with Crippen molar-refractivity contribution in [3.8, 4) is 0 Å². The van der Waals surface area contributed by atoms with Gasteiger partial charge in [0.05, 0.1) is 0 Å². The number of hydrogen-bond acceptors (Lipinski definition) is 2. The summed E-state index contributed by atoms with van der Waals surface area (Å²) >= 11 is 0. The number of nitrogens with zero attached hydrogens (tertiary/aromatic N) is 2. The van der Waals surface area contributed by atoms with Gasteiger partial charge in [-0.2, -0.15) is 0 Å². The third kappa shape index (κ3) is 5.56. The summed E-state index contributed by atoms with van der Waals surface area (Å²) in [7, 11) is 0. The van der Waals surface area contributed by atoms with Crippen LogP contribution in [0.2, 0.25) is 0 Å². The maximum Gasteiger partial charge on any atom is 0.123 e. The molecule has 1 aliphatic heterocycles. The van der Waals surface area contributed by atoms with E-state index in [0.29, 0.717) is 0 Å². The van der Waals surface area contributed by atoms with Gasteiger partial charge < -0.3 is 4.90 Å². The minimum absolute atomic E-state index is 0.214. The molecule has 0 spiro atoms. The van der Waals surface area contributed by atoms with Crippen LogP contribution in [-0.2, 0) is 0 Å². The van der Waals surface area contributed by atoms with Crippen molar-refractivity contribution >= 4 is 16.9 Å². The zero-order valence-electron chi connectivity index (χ0n) is 17.3. The summed E-state index contributed by atoms with van der Waals surface area (Å²) in [6.07, 6.45) is 4.06. The molecule has 2 nitrogen and oxygen atoms in total. The molecule has 0 saturated heterocycles. The fourth-order valence-corrected chi connectivity index (χ4v) is 3.94. The van der Waals surface area contributed by atoms with Gasteiger partial charge >= 0.3 is 0 Å². The van der Waals surface area contributed by atoms with Crippen molar-refractivity contribution in [3.63, 3.8) is 0 Å². The van der Waals surface area contributed by atoms with Crippen LogP contribution in [0, 0.1) is 17.5 Å². The third-order valence-electron chi connectivity index (χ3n) is 5.64. The van der Waals surface area contributed by atoms with Crippen molar-refractivity contribution in [1.29, 1.82) is 0 Å². The molecule has 0 bridgehead atoms. The summed E-state index contributed by atoms with van der Waals surface area (Å²) in [5.74, 6) is -0.770. The summed E-state index contributed by atoms with van der Waals surface area (Å²) in [6.45, 7) is 3.48. The highest BCUT2D eigenvalue weighted by atomic mass is 19.1. The number of benzene rings is 3. The molecule has 4 rings (SSSR count). The van der Waals surface area contributed by atoms with Gasteiger partial charge in [-0.05, 0) is 84.6 Å². The standard InChI is InChI=1S/C26H25F3N2/c27-22-4-2-20(3-5-22)21-14-18-30(19-15-21)16-1-17-31(25-10-6-23(28)7-11-25)26-12-8-24(29)9-13-26/h2-14H,1,15-19H2. The average Bonchev–Trinajstić information content (AvgIpc) is 2.79. The highest BCUT2D eigenvalue weighted by molar-refractivity contribution is 5.66. The van der Waals surface area contributed by atoms with Crippen molar-refractivity contribution in [1.82, 2.24) is 4.90 Å². The van der Waals surface area contributed by atoms with Crippen LogP contribution in [0.5, 0.6) is 0 Å². The highest BCUT2D eigenvalue weighted by Gasteiger charge is 2.15. The number of rotatable bonds is 7. The molecular formula is C26H25F3N2. The molecule has 0 N–H and O–H groups in total. The van der Waals surface area contributed by atoms with Gasteiger partial charge in [0.15, 0.2) is 0 Å².